The molecule has 19 nitrogen and oxygen atoms in total. The van der Waals surface area contributed by atoms with Gasteiger partial charge in [0, 0.05) is 67.6 Å². The fourth-order valence-corrected chi connectivity index (χ4v) is 10.2. The van der Waals surface area contributed by atoms with Gasteiger partial charge in [-0.1, -0.05) is 47.5 Å². The Morgan fingerprint density at radius 2 is 1.59 bits per heavy atom. The molecule has 2 bridgehead atoms. The van der Waals surface area contributed by atoms with Crippen molar-refractivity contribution >= 4 is 64.3 Å². The zero-order valence-electron chi connectivity index (χ0n) is 45.5. The number of urea groups is 1. The molecular weight excluding hydrogens is 1070 g/mol. The van der Waals surface area contributed by atoms with Crippen LogP contribution in [0.25, 0.3) is 5.65 Å². The second-order valence-electron chi connectivity index (χ2n) is 20.1. The summed E-state index contributed by atoms with van der Waals surface area (Å²) in [5.41, 5.74) is 3.44. The highest BCUT2D eigenvalue weighted by atomic mass is 35.5. The first kappa shape index (κ1) is 57.2. The van der Waals surface area contributed by atoms with E-state index >= 15 is 4.79 Å². The van der Waals surface area contributed by atoms with Crippen molar-refractivity contribution in [3.8, 4) is 17.2 Å². The van der Waals surface area contributed by atoms with Crippen molar-refractivity contribution < 1.29 is 47.3 Å². The Kier molecular flexibility index (Phi) is 18.4. The first-order valence-corrected chi connectivity index (χ1v) is 27.4. The number of hydrogen-bond donors (Lipinski definition) is 1. The summed E-state index contributed by atoms with van der Waals surface area (Å²) in [5, 5.41) is 8.73. The van der Waals surface area contributed by atoms with Crippen LogP contribution in [0.4, 0.5) is 15.0 Å². The lowest BCUT2D eigenvalue weighted by Gasteiger charge is -2.38. The van der Waals surface area contributed by atoms with Crippen LogP contribution in [-0.4, -0.2) is 167 Å². The zero-order chi connectivity index (χ0) is 56.6. The lowest BCUT2D eigenvalue weighted by molar-refractivity contribution is -0.135. The highest BCUT2D eigenvalue weighted by molar-refractivity contribution is 6.30. The molecule has 0 radical (unpaired) electrons. The first-order chi connectivity index (χ1) is 38.5. The van der Waals surface area contributed by atoms with Crippen molar-refractivity contribution in [1.82, 2.24) is 39.1 Å². The number of amidine groups is 1. The van der Waals surface area contributed by atoms with Gasteiger partial charge in [-0.25, -0.2) is 18.7 Å². The van der Waals surface area contributed by atoms with Gasteiger partial charge in [0.05, 0.1) is 76.5 Å². The van der Waals surface area contributed by atoms with Gasteiger partial charge in [0.15, 0.2) is 5.65 Å². The molecule has 4 aromatic carbocycles. The number of nitrogens with zero attached hydrogens (tertiary/aromatic N) is 9. The van der Waals surface area contributed by atoms with Gasteiger partial charge >= 0.3 is 6.03 Å². The summed E-state index contributed by atoms with van der Waals surface area (Å²) in [6.07, 6.45) is 2.56. The van der Waals surface area contributed by atoms with Crippen molar-refractivity contribution in [2.45, 2.75) is 64.4 Å². The van der Waals surface area contributed by atoms with E-state index in [2.05, 4.69) is 15.4 Å². The molecule has 422 valence electrons. The summed E-state index contributed by atoms with van der Waals surface area (Å²) >= 11 is 12.7. The molecule has 1 fully saturated rings. The van der Waals surface area contributed by atoms with Gasteiger partial charge in [-0.3, -0.25) is 24.3 Å². The SMILES string of the molecule is COc1ccc(C2=N[C@H](c3ccc(Cl)cc3)[C@H](c3ccc(Cl)cc3)N2C(=O)N2CCN(CCOCCOCCC(=O)N(C)CCN3C[C@H](C)Oc4ccc(F)cc4[C@H](C)Nc4ccn5ncc(c5n4)C3=O)C(=O)C2)c(OC(C)C)c1. The largest absolute Gasteiger partial charge is 0.497 e. The topological polar surface area (TPSA) is 185 Å². The number of fused-ring (bicyclic) bond motifs is 2. The van der Waals surface area contributed by atoms with Crippen molar-refractivity contribution in [3.05, 3.63) is 147 Å². The molecule has 0 saturated carbocycles. The Bertz CT molecular complexity index is 3220. The van der Waals surface area contributed by atoms with E-state index in [1.807, 2.05) is 58.0 Å². The predicted octanol–water partition coefficient (Wildman–Crippen LogP) is 8.76. The molecular formula is C58H65Cl2FN10O9. The van der Waals surface area contributed by atoms with Gasteiger partial charge in [-0.15, -0.1) is 0 Å². The summed E-state index contributed by atoms with van der Waals surface area (Å²) in [4.78, 5) is 74.3. The number of amides is 5. The Labute approximate surface area is 474 Å². The van der Waals surface area contributed by atoms with Crippen LogP contribution in [0.1, 0.15) is 84.9 Å². The summed E-state index contributed by atoms with van der Waals surface area (Å²) in [6, 6.07) is 24.2. The van der Waals surface area contributed by atoms with Gasteiger partial charge in [0.2, 0.25) is 11.8 Å². The molecule has 80 heavy (non-hydrogen) atoms. The summed E-state index contributed by atoms with van der Waals surface area (Å²) in [5.74, 6) is 1.24. The van der Waals surface area contributed by atoms with E-state index in [4.69, 9.17) is 51.9 Å². The van der Waals surface area contributed by atoms with Gasteiger partial charge in [0.1, 0.15) is 59.0 Å². The number of anilines is 1. The number of aliphatic imine (C=N–C) groups is 1. The highest BCUT2D eigenvalue weighted by Gasteiger charge is 2.46. The third-order valence-corrected chi connectivity index (χ3v) is 14.5. The number of carbonyl (C=O) groups excluding carboxylic acids is 4. The van der Waals surface area contributed by atoms with Crippen LogP contribution < -0.4 is 19.5 Å². The Morgan fingerprint density at radius 3 is 2.30 bits per heavy atom. The van der Waals surface area contributed by atoms with E-state index in [9.17, 15) is 18.8 Å². The normalized spacial score (nSPS) is 18.6. The van der Waals surface area contributed by atoms with E-state index < -0.39 is 30.0 Å². The van der Waals surface area contributed by atoms with Gasteiger partial charge in [-0.05, 0) is 99.5 Å². The quantitative estimate of drug-likeness (QED) is 0.0809. The number of carbonyl (C=O) groups is 4. The fraction of sp³-hybridized carbons (Fsp3) is 0.397. The Morgan fingerprint density at radius 1 is 0.863 bits per heavy atom. The predicted molar refractivity (Wildman–Crippen MR) is 300 cm³/mol. The maximum Gasteiger partial charge on any atom is 0.326 e. The molecule has 4 atom stereocenters. The third kappa shape index (κ3) is 13.4. The fourth-order valence-electron chi connectivity index (χ4n) is 9.90. The minimum absolute atomic E-state index is 0.0979. The van der Waals surface area contributed by atoms with E-state index in [1.165, 1.54) is 22.8 Å². The van der Waals surface area contributed by atoms with Crippen molar-refractivity contribution in [3.63, 3.8) is 0 Å². The molecule has 0 spiro atoms. The molecule has 3 aliphatic heterocycles. The van der Waals surface area contributed by atoms with Gasteiger partial charge < -0.3 is 48.6 Å². The monoisotopic (exact) mass is 1130 g/mol. The van der Waals surface area contributed by atoms with Gasteiger partial charge in [0.25, 0.3) is 5.91 Å². The summed E-state index contributed by atoms with van der Waals surface area (Å²) in [6.45, 7) is 9.62. The smallest absolute Gasteiger partial charge is 0.326 e. The second-order valence-corrected chi connectivity index (χ2v) is 21.0. The Balaban J connectivity index is 0.762. The molecule has 5 amide bonds. The molecule has 9 rings (SSSR count). The van der Waals surface area contributed by atoms with Crippen LogP contribution >= 0.6 is 23.2 Å². The minimum Gasteiger partial charge on any atom is -0.497 e. The maximum absolute atomic E-state index is 15.1. The van der Waals surface area contributed by atoms with Crippen LogP contribution in [0.15, 0.2) is 108 Å². The van der Waals surface area contributed by atoms with E-state index in [0.717, 1.165) is 11.1 Å². The van der Waals surface area contributed by atoms with Crippen LogP contribution in [0, 0.1) is 5.82 Å². The number of piperazine rings is 1. The lowest BCUT2D eigenvalue weighted by atomic mass is 9.93. The van der Waals surface area contributed by atoms with Crippen LogP contribution in [0.5, 0.6) is 17.2 Å². The van der Waals surface area contributed by atoms with Crippen LogP contribution in [0.3, 0.4) is 0 Å². The number of hydrogen-bond acceptors (Lipinski definition) is 13. The van der Waals surface area contributed by atoms with Crippen molar-refractivity contribution in [1.29, 1.82) is 0 Å². The number of methoxy groups -OCH3 is 1. The van der Waals surface area contributed by atoms with E-state index in [1.54, 1.807) is 93.4 Å². The molecule has 1 N–H and O–H groups in total. The number of rotatable bonds is 18. The molecule has 3 aliphatic rings. The molecule has 0 unspecified atom stereocenters. The zero-order valence-corrected chi connectivity index (χ0v) is 47.0. The summed E-state index contributed by atoms with van der Waals surface area (Å²) < 4.78 is 45.8. The average Bonchev–Trinajstić information content (AvgIpc) is 4.23. The molecule has 1 saturated heterocycles. The minimum atomic E-state index is -0.635. The average molecular weight is 1140 g/mol. The number of nitrogens with one attached hydrogen (secondary N) is 1. The second kappa shape index (κ2) is 25.7. The molecule has 22 heteroatoms. The number of likely N-dealkylation sites (N-methyl/N-ethyl adjacent to an activating group) is 1. The molecule has 2 aromatic heterocycles. The summed E-state index contributed by atoms with van der Waals surface area (Å²) in [7, 11) is 3.24. The number of aromatic nitrogens is 3. The van der Waals surface area contributed by atoms with E-state index in [-0.39, 0.29) is 108 Å². The van der Waals surface area contributed by atoms with Crippen molar-refractivity contribution in [2.75, 3.05) is 91.7 Å². The van der Waals surface area contributed by atoms with Crippen LogP contribution in [-0.2, 0) is 19.1 Å². The number of ether oxygens (including phenoxy) is 5. The lowest BCUT2D eigenvalue weighted by Crippen LogP contribution is -2.56. The van der Waals surface area contributed by atoms with Crippen molar-refractivity contribution in [2.24, 2.45) is 4.99 Å². The third-order valence-electron chi connectivity index (χ3n) is 14.0. The molecule has 0 aliphatic carbocycles. The maximum atomic E-state index is 15.1. The first-order valence-electron chi connectivity index (χ1n) is 26.6. The van der Waals surface area contributed by atoms with Gasteiger partial charge in [-0.2, -0.15) is 5.10 Å². The number of halogens is 3. The number of benzene rings is 4. The standard InChI is InChI=1S/C58H65Cl2FN10O9/c1-36(2)79-49-32-44(76-6)16-17-45(49)56-65-53(39-7-11-41(59)12-8-39)54(40-9-13-42(60)14-10-40)71(56)58(75)69-25-24-67(52(73)35-69)26-28-78-30-29-77-27-20-51(72)66(5)22-23-68-34-37(3)80-48-18-15-43(61)31-46(48)38(4)63-50-19-21-70-55(64-50)47(33-62-70)57(68)74/h7-19,21,31-33,36-38,53-54H,20,22-30,34-35H2,1-6H3,(H,63,64)/t37-,38-,53+,54-/m0/s1. The molecule has 5 heterocycles. The van der Waals surface area contributed by atoms with Crippen LogP contribution in [0.2, 0.25) is 10.0 Å². The van der Waals surface area contributed by atoms with E-state index in [0.29, 0.717) is 62.3 Å². The highest BCUT2D eigenvalue weighted by Crippen LogP contribution is 2.46. The Hall–Kier alpha value is -7.52. The molecule has 6 aromatic rings.